The summed E-state index contributed by atoms with van der Waals surface area (Å²) in [6, 6.07) is 3.60. The third kappa shape index (κ3) is 1.81. The van der Waals surface area contributed by atoms with Crippen LogP contribution in [0.2, 0.25) is 5.15 Å². The van der Waals surface area contributed by atoms with Gasteiger partial charge in [-0.1, -0.05) is 11.6 Å². The summed E-state index contributed by atoms with van der Waals surface area (Å²) in [4.78, 5) is 7.66. The van der Waals surface area contributed by atoms with Crippen molar-refractivity contribution in [1.29, 1.82) is 0 Å². The molecule has 0 atom stereocenters. The van der Waals surface area contributed by atoms with Gasteiger partial charge in [0.25, 0.3) is 0 Å². The molecule has 1 heterocycles. The zero-order valence-electron chi connectivity index (χ0n) is 5.58. The summed E-state index contributed by atoms with van der Waals surface area (Å²) in [7, 11) is 1.72. The first kappa shape index (κ1) is 7.22. The molecule has 2 nitrogen and oxygen atoms in total. The molecule has 0 unspecified atom stereocenters. The Hall–Kier alpha value is -0.890. The fourth-order valence-electron chi connectivity index (χ4n) is 0.647. The molecule has 0 amide bonds. The highest BCUT2D eigenvalue weighted by atomic mass is 35.5. The second kappa shape index (κ2) is 3.32. The summed E-state index contributed by atoms with van der Waals surface area (Å²) in [6.45, 7) is 0. The van der Waals surface area contributed by atoms with Gasteiger partial charge in [-0.25, -0.2) is 4.98 Å². The molecule has 0 aliphatic rings. The highest BCUT2D eigenvalue weighted by Gasteiger charge is 1.88. The molecule has 10 heavy (non-hydrogen) atoms. The van der Waals surface area contributed by atoms with Gasteiger partial charge in [-0.2, -0.15) is 0 Å². The molecular formula is C7H7ClN2. The van der Waals surface area contributed by atoms with E-state index in [1.54, 1.807) is 25.5 Å². The SMILES string of the molecule is CN=Cc1ccnc(Cl)c1. The maximum Gasteiger partial charge on any atom is 0.129 e. The van der Waals surface area contributed by atoms with Crippen molar-refractivity contribution in [2.45, 2.75) is 0 Å². The molecule has 1 rings (SSSR count). The number of hydrogen-bond acceptors (Lipinski definition) is 2. The summed E-state index contributed by atoms with van der Waals surface area (Å²) >= 11 is 5.61. The Morgan fingerprint density at radius 2 is 2.50 bits per heavy atom. The summed E-state index contributed by atoms with van der Waals surface area (Å²) in [5.41, 5.74) is 0.975. The van der Waals surface area contributed by atoms with Crippen molar-refractivity contribution in [3.63, 3.8) is 0 Å². The Kier molecular flexibility index (Phi) is 2.40. The third-order valence-corrected chi connectivity index (χ3v) is 1.24. The van der Waals surface area contributed by atoms with Crippen molar-refractivity contribution < 1.29 is 0 Å². The highest BCUT2D eigenvalue weighted by molar-refractivity contribution is 6.29. The van der Waals surface area contributed by atoms with E-state index in [4.69, 9.17) is 11.6 Å². The number of halogens is 1. The maximum absolute atomic E-state index is 5.61. The van der Waals surface area contributed by atoms with E-state index >= 15 is 0 Å². The predicted octanol–water partition coefficient (Wildman–Crippen LogP) is 1.78. The van der Waals surface area contributed by atoms with E-state index < -0.39 is 0 Å². The smallest absolute Gasteiger partial charge is 0.129 e. The van der Waals surface area contributed by atoms with Gasteiger partial charge in [0.15, 0.2) is 0 Å². The van der Waals surface area contributed by atoms with Crippen LogP contribution in [-0.4, -0.2) is 18.2 Å². The Morgan fingerprint density at radius 3 is 3.10 bits per heavy atom. The molecule has 3 heteroatoms. The van der Waals surface area contributed by atoms with Gasteiger partial charge in [0.05, 0.1) is 0 Å². The van der Waals surface area contributed by atoms with E-state index in [1.807, 2.05) is 6.07 Å². The monoisotopic (exact) mass is 154 g/mol. The number of aromatic nitrogens is 1. The molecule has 0 saturated carbocycles. The standard InChI is InChI=1S/C7H7ClN2/c1-9-5-6-2-3-10-7(8)4-6/h2-5H,1H3. The Balaban J connectivity index is 2.95. The number of hydrogen-bond donors (Lipinski definition) is 0. The molecule has 0 bridgehead atoms. The molecule has 0 saturated heterocycles. The second-order valence-corrected chi connectivity index (χ2v) is 2.19. The van der Waals surface area contributed by atoms with Crippen molar-refractivity contribution in [3.05, 3.63) is 29.0 Å². The van der Waals surface area contributed by atoms with Crippen LogP contribution in [0.4, 0.5) is 0 Å². The quantitative estimate of drug-likeness (QED) is 0.447. The Labute approximate surface area is 64.6 Å². The van der Waals surface area contributed by atoms with Gasteiger partial charge in [-0.15, -0.1) is 0 Å². The van der Waals surface area contributed by atoms with E-state index in [-0.39, 0.29) is 0 Å². The van der Waals surface area contributed by atoms with Crippen LogP contribution in [0.5, 0.6) is 0 Å². The van der Waals surface area contributed by atoms with Gasteiger partial charge >= 0.3 is 0 Å². The van der Waals surface area contributed by atoms with Gasteiger partial charge in [0.1, 0.15) is 5.15 Å². The molecule has 0 aliphatic heterocycles. The molecular weight excluding hydrogens is 148 g/mol. The van der Waals surface area contributed by atoms with Crippen molar-refractivity contribution >= 4 is 17.8 Å². The van der Waals surface area contributed by atoms with Gasteiger partial charge in [-0.3, -0.25) is 4.99 Å². The molecule has 1 aromatic rings. The van der Waals surface area contributed by atoms with E-state index in [0.29, 0.717) is 5.15 Å². The van der Waals surface area contributed by atoms with Crippen LogP contribution < -0.4 is 0 Å². The van der Waals surface area contributed by atoms with E-state index in [2.05, 4.69) is 9.98 Å². The van der Waals surface area contributed by atoms with Crippen molar-refractivity contribution in [1.82, 2.24) is 4.98 Å². The summed E-state index contributed by atoms with van der Waals surface area (Å²) < 4.78 is 0. The number of pyridine rings is 1. The average molecular weight is 155 g/mol. The maximum atomic E-state index is 5.61. The molecule has 52 valence electrons. The first-order valence-corrected chi connectivity index (χ1v) is 3.24. The lowest BCUT2D eigenvalue weighted by Crippen LogP contribution is -1.81. The van der Waals surface area contributed by atoms with E-state index in [0.717, 1.165) is 5.56 Å². The van der Waals surface area contributed by atoms with E-state index in [9.17, 15) is 0 Å². The minimum atomic E-state index is 0.498. The highest BCUT2D eigenvalue weighted by Crippen LogP contribution is 2.04. The van der Waals surface area contributed by atoms with Gasteiger partial charge in [-0.05, 0) is 17.7 Å². The topological polar surface area (TPSA) is 25.2 Å². The second-order valence-electron chi connectivity index (χ2n) is 1.80. The Bertz CT molecular complexity index is 245. The van der Waals surface area contributed by atoms with Crippen LogP contribution in [-0.2, 0) is 0 Å². The van der Waals surface area contributed by atoms with Crippen molar-refractivity contribution in [3.8, 4) is 0 Å². The van der Waals surface area contributed by atoms with Crippen LogP contribution in [0.3, 0.4) is 0 Å². The van der Waals surface area contributed by atoms with Gasteiger partial charge < -0.3 is 0 Å². The van der Waals surface area contributed by atoms with Crippen LogP contribution in [0, 0.1) is 0 Å². The number of rotatable bonds is 1. The lowest BCUT2D eigenvalue weighted by Gasteiger charge is -1.90. The van der Waals surface area contributed by atoms with Gasteiger partial charge in [0.2, 0.25) is 0 Å². The first-order chi connectivity index (χ1) is 4.83. The summed E-state index contributed by atoms with van der Waals surface area (Å²) in [6.07, 6.45) is 3.38. The molecule has 1 aromatic heterocycles. The van der Waals surface area contributed by atoms with Crippen LogP contribution in [0.15, 0.2) is 23.3 Å². The normalized spacial score (nSPS) is 10.6. The lowest BCUT2D eigenvalue weighted by molar-refractivity contribution is 1.32. The average Bonchev–Trinajstić information content (AvgIpc) is 1.88. The minimum Gasteiger partial charge on any atom is -0.296 e. The molecule has 0 aliphatic carbocycles. The zero-order valence-corrected chi connectivity index (χ0v) is 6.34. The summed E-state index contributed by atoms with van der Waals surface area (Å²) in [5, 5.41) is 0.498. The fraction of sp³-hybridized carbons (Fsp3) is 0.143. The van der Waals surface area contributed by atoms with Crippen molar-refractivity contribution in [2.75, 3.05) is 7.05 Å². The Morgan fingerprint density at radius 1 is 1.70 bits per heavy atom. The third-order valence-electron chi connectivity index (χ3n) is 1.03. The van der Waals surface area contributed by atoms with E-state index in [1.165, 1.54) is 0 Å². The number of nitrogens with zero attached hydrogens (tertiary/aromatic N) is 2. The zero-order chi connectivity index (χ0) is 7.40. The molecule has 0 radical (unpaired) electrons. The molecule has 0 fully saturated rings. The van der Waals surface area contributed by atoms with Crippen LogP contribution in [0.1, 0.15) is 5.56 Å². The fourth-order valence-corrected chi connectivity index (χ4v) is 0.829. The van der Waals surface area contributed by atoms with Gasteiger partial charge in [0, 0.05) is 19.5 Å². The largest absolute Gasteiger partial charge is 0.296 e. The molecule has 0 N–H and O–H groups in total. The van der Waals surface area contributed by atoms with Crippen LogP contribution in [0.25, 0.3) is 0 Å². The summed E-state index contributed by atoms with van der Waals surface area (Å²) in [5.74, 6) is 0. The lowest BCUT2D eigenvalue weighted by atomic mass is 10.3. The van der Waals surface area contributed by atoms with Crippen molar-refractivity contribution in [2.24, 2.45) is 4.99 Å². The minimum absolute atomic E-state index is 0.498. The first-order valence-electron chi connectivity index (χ1n) is 2.86. The number of aliphatic imine (C=N–C) groups is 1. The molecule has 0 spiro atoms. The predicted molar refractivity (Wildman–Crippen MR) is 42.8 cm³/mol. The molecule has 0 aromatic carbocycles. The van der Waals surface area contributed by atoms with Crippen LogP contribution >= 0.6 is 11.6 Å².